The summed E-state index contributed by atoms with van der Waals surface area (Å²) in [6.07, 6.45) is 0. The molecule has 6 heteroatoms. The van der Waals surface area contributed by atoms with Gasteiger partial charge in [-0.1, -0.05) is 0 Å². The first kappa shape index (κ1) is 11.1. The minimum atomic E-state index is -0.915. The highest BCUT2D eigenvalue weighted by molar-refractivity contribution is 7.11. The average molecular weight is 253 g/mol. The first-order chi connectivity index (χ1) is 8.15. The van der Waals surface area contributed by atoms with Crippen LogP contribution < -0.4 is 0 Å². The summed E-state index contributed by atoms with van der Waals surface area (Å²) in [7, 11) is 0. The first-order valence-corrected chi connectivity index (χ1v) is 6.64. The maximum atomic E-state index is 11.0. The summed E-state index contributed by atoms with van der Waals surface area (Å²) in [5, 5.41) is 9.99. The fraction of sp³-hybridized carbons (Fsp3) is 0.636. The van der Waals surface area contributed by atoms with Crippen molar-refractivity contribution in [2.75, 3.05) is 32.7 Å². The van der Waals surface area contributed by atoms with E-state index in [0.29, 0.717) is 6.04 Å². The molecule has 1 aromatic heterocycles. The van der Waals surface area contributed by atoms with Crippen LogP contribution in [0.5, 0.6) is 0 Å². The predicted octanol–water partition coefficient (Wildman–Crippen LogP) is 0.822. The highest BCUT2D eigenvalue weighted by atomic mass is 32.1. The molecule has 92 valence electrons. The first-order valence-electron chi connectivity index (χ1n) is 5.82. The van der Waals surface area contributed by atoms with Gasteiger partial charge < -0.3 is 5.11 Å². The van der Waals surface area contributed by atoms with Crippen molar-refractivity contribution < 1.29 is 9.90 Å². The number of hydrogen-bond donors (Lipinski definition) is 1. The standard InChI is InChI=1S/C11H15N3O2S/c1-7-9(11(15)16)12-10(17-7)8-6-13-2-4-14(8)5-3-13/h8H,2-6H2,1H3,(H,15,16). The van der Waals surface area contributed by atoms with Crippen molar-refractivity contribution in [2.24, 2.45) is 0 Å². The molecule has 0 aromatic carbocycles. The summed E-state index contributed by atoms with van der Waals surface area (Å²) in [4.78, 5) is 21.0. The van der Waals surface area contributed by atoms with E-state index in [4.69, 9.17) is 5.11 Å². The van der Waals surface area contributed by atoms with Crippen LogP contribution in [0.2, 0.25) is 0 Å². The summed E-state index contributed by atoms with van der Waals surface area (Å²) < 4.78 is 0. The fourth-order valence-corrected chi connectivity index (χ4v) is 3.65. The maximum Gasteiger partial charge on any atom is 0.355 e. The van der Waals surface area contributed by atoms with Crippen LogP contribution >= 0.6 is 11.3 Å². The Morgan fingerprint density at radius 2 is 2.12 bits per heavy atom. The lowest BCUT2D eigenvalue weighted by Gasteiger charge is -2.46. The van der Waals surface area contributed by atoms with Gasteiger partial charge in [0.15, 0.2) is 5.69 Å². The third kappa shape index (κ3) is 1.86. The monoisotopic (exact) mass is 253 g/mol. The summed E-state index contributed by atoms with van der Waals surface area (Å²) in [6.45, 7) is 7.24. The summed E-state index contributed by atoms with van der Waals surface area (Å²) >= 11 is 1.53. The van der Waals surface area contributed by atoms with Crippen molar-refractivity contribution in [3.8, 4) is 0 Å². The Labute approximate surface area is 104 Å². The summed E-state index contributed by atoms with van der Waals surface area (Å²) in [5.41, 5.74) is 0.225. The van der Waals surface area contributed by atoms with Gasteiger partial charge in [-0.05, 0) is 6.92 Å². The predicted molar refractivity (Wildman–Crippen MR) is 64.6 cm³/mol. The van der Waals surface area contributed by atoms with Crippen molar-refractivity contribution >= 4 is 17.3 Å². The molecule has 0 radical (unpaired) electrons. The molecule has 2 bridgehead atoms. The van der Waals surface area contributed by atoms with Crippen LogP contribution in [0.1, 0.15) is 26.4 Å². The lowest BCUT2D eigenvalue weighted by Crippen LogP contribution is -2.56. The maximum absolute atomic E-state index is 11.0. The highest BCUT2D eigenvalue weighted by Crippen LogP contribution is 2.32. The topological polar surface area (TPSA) is 56.7 Å². The van der Waals surface area contributed by atoms with Gasteiger partial charge in [0, 0.05) is 37.6 Å². The van der Waals surface area contributed by atoms with E-state index in [9.17, 15) is 4.79 Å². The zero-order chi connectivity index (χ0) is 12.0. The van der Waals surface area contributed by atoms with Crippen LogP contribution in [0.4, 0.5) is 0 Å². The molecule has 4 rings (SSSR count). The highest BCUT2D eigenvalue weighted by Gasteiger charge is 2.35. The molecule has 0 saturated carbocycles. The number of nitrogens with zero attached hydrogens (tertiary/aromatic N) is 3. The Morgan fingerprint density at radius 1 is 1.41 bits per heavy atom. The molecular formula is C11H15N3O2S. The van der Waals surface area contributed by atoms with Crippen LogP contribution in [-0.4, -0.2) is 58.6 Å². The zero-order valence-corrected chi connectivity index (χ0v) is 10.5. The van der Waals surface area contributed by atoms with Crippen LogP contribution in [0.15, 0.2) is 0 Å². The molecule has 17 heavy (non-hydrogen) atoms. The third-order valence-corrected chi connectivity index (χ3v) is 4.65. The lowest BCUT2D eigenvalue weighted by atomic mass is 10.1. The van der Waals surface area contributed by atoms with E-state index >= 15 is 0 Å². The Bertz CT molecular complexity index is 452. The molecule has 4 heterocycles. The minimum Gasteiger partial charge on any atom is -0.476 e. The normalized spacial score (nSPS) is 31.7. The Hall–Kier alpha value is -0.980. The van der Waals surface area contributed by atoms with Crippen LogP contribution in [0, 0.1) is 6.92 Å². The van der Waals surface area contributed by atoms with Crippen LogP contribution in [0.3, 0.4) is 0 Å². The Kier molecular flexibility index (Phi) is 2.65. The van der Waals surface area contributed by atoms with E-state index in [1.54, 1.807) is 0 Å². The quantitative estimate of drug-likeness (QED) is 0.845. The SMILES string of the molecule is Cc1sc(C2CN3CCN2CC3)nc1C(=O)O. The fourth-order valence-electron chi connectivity index (χ4n) is 2.61. The van der Waals surface area contributed by atoms with Crippen LogP contribution in [0.25, 0.3) is 0 Å². The second kappa shape index (κ2) is 4.04. The van der Waals surface area contributed by atoms with Gasteiger partial charge in [0.2, 0.25) is 0 Å². The molecule has 3 aliphatic heterocycles. The molecule has 3 fully saturated rings. The molecule has 3 saturated heterocycles. The number of fused-ring (bicyclic) bond motifs is 3. The molecule has 1 unspecified atom stereocenters. The van der Waals surface area contributed by atoms with Crippen molar-refractivity contribution in [3.05, 3.63) is 15.6 Å². The largest absolute Gasteiger partial charge is 0.476 e. The Morgan fingerprint density at radius 3 is 2.59 bits per heavy atom. The number of aromatic carboxylic acids is 1. The molecule has 1 atom stereocenters. The molecule has 1 N–H and O–H groups in total. The van der Waals surface area contributed by atoms with Crippen LogP contribution in [-0.2, 0) is 0 Å². The van der Waals surface area contributed by atoms with Gasteiger partial charge in [-0.25, -0.2) is 9.78 Å². The number of thiazole rings is 1. The smallest absolute Gasteiger partial charge is 0.355 e. The van der Waals surface area contributed by atoms with E-state index in [0.717, 1.165) is 42.6 Å². The number of carbonyl (C=O) groups is 1. The van der Waals surface area contributed by atoms with Gasteiger partial charge in [0.1, 0.15) is 5.01 Å². The average Bonchev–Trinajstić information content (AvgIpc) is 2.73. The number of carboxylic acids is 1. The van der Waals surface area contributed by atoms with E-state index in [-0.39, 0.29) is 5.69 Å². The van der Waals surface area contributed by atoms with Crippen molar-refractivity contribution in [1.29, 1.82) is 0 Å². The van der Waals surface area contributed by atoms with Gasteiger partial charge in [0.05, 0.1) is 6.04 Å². The van der Waals surface area contributed by atoms with Gasteiger partial charge >= 0.3 is 5.97 Å². The van der Waals surface area contributed by atoms with Crippen molar-refractivity contribution in [2.45, 2.75) is 13.0 Å². The molecule has 5 nitrogen and oxygen atoms in total. The van der Waals surface area contributed by atoms with Gasteiger partial charge in [0.25, 0.3) is 0 Å². The van der Waals surface area contributed by atoms with Gasteiger partial charge in [-0.15, -0.1) is 11.3 Å². The van der Waals surface area contributed by atoms with Gasteiger partial charge in [-0.3, -0.25) is 9.80 Å². The number of carboxylic acid groups (broad SMARTS) is 1. The molecule has 0 spiro atoms. The molecular weight excluding hydrogens is 238 g/mol. The molecule has 1 aromatic rings. The number of piperazine rings is 3. The molecule has 0 aliphatic carbocycles. The zero-order valence-electron chi connectivity index (χ0n) is 9.72. The molecule has 0 amide bonds. The number of aryl methyl sites for hydroxylation is 1. The van der Waals surface area contributed by atoms with E-state index < -0.39 is 5.97 Å². The minimum absolute atomic E-state index is 0.225. The van der Waals surface area contributed by atoms with Gasteiger partial charge in [-0.2, -0.15) is 0 Å². The number of hydrogen-bond acceptors (Lipinski definition) is 5. The van der Waals surface area contributed by atoms with E-state index in [1.807, 2.05) is 6.92 Å². The lowest BCUT2D eigenvalue weighted by molar-refractivity contribution is 0.0122. The number of rotatable bonds is 2. The van der Waals surface area contributed by atoms with Crippen molar-refractivity contribution in [3.63, 3.8) is 0 Å². The number of aromatic nitrogens is 1. The molecule has 3 aliphatic rings. The summed E-state index contributed by atoms with van der Waals surface area (Å²) in [5.74, 6) is -0.915. The van der Waals surface area contributed by atoms with E-state index in [1.165, 1.54) is 11.3 Å². The van der Waals surface area contributed by atoms with Crippen molar-refractivity contribution in [1.82, 2.24) is 14.8 Å². The Balaban J connectivity index is 1.89. The second-order valence-corrected chi connectivity index (χ2v) is 5.85. The third-order valence-electron chi connectivity index (χ3n) is 3.58. The van der Waals surface area contributed by atoms with E-state index in [2.05, 4.69) is 14.8 Å². The summed E-state index contributed by atoms with van der Waals surface area (Å²) in [6, 6.07) is 0.300. The second-order valence-electron chi connectivity index (χ2n) is 4.61.